The van der Waals surface area contributed by atoms with Crippen molar-refractivity contribution in [1.82, 2.24) is 10.2 Å². The molecule has 0 amide bonds. The summed E-state index contributed by atoms with van der Waals surface area (Å²) in [5.41, 5.74) is -0.450. The summed E-state index contributed by atoms with van der Waals surface area (Å²) in [7, 11) is 1.51. The first-order chi connectivity index (χ1) is 9.64. The number of ether oxygens (including phenoxy) is 1. The summed E-state index contributed by atoms with van der Waals surface area (Å²) in [6.45, 7) is 10.5. The second-order valence-corrected chi connectivity index (χ2v) is 5.77. The van der Waals surface area contributed by atoms with Crippen molar-refractivity contribution in [1.29, 1.82) is 0 Å². The van der Waals surface area contributed by atoms with Gasteiger partial charge in [-0.1, -0.05) is 40.0 Å². The maximum atomic E-state index is 12.4. The molecule has 0 spiro atoms. The van der Waals surface area contributed by atoms with Gasteiger partial charge in [-0.3, -0.25) is 4.79 Å². The SMILES string of the molecule is CCC1CCCCC1(NCCN(CC)CC)C(=O)OC. The lowest BCUT2D eigenvalue weighted by molar-refractivity contribution is -0.153. The molecule has 20 heavy (non-hydrogen) atoms. The minimum absolute atomic E-state index is 0.0661. The number of carbonyl (C=O) groups excluding carboxylic acids is 1. The molecule has 2 atom stereocenters. The maximum absolute atomic E-state index is 12.4. The molecule has 4 nitrogen and oxygen atoms in total. The van der Waals surface area contributed by atoms with E-state index in [0.717, 1.165) is 51.9 Å². The summed E-state index contributed by atoms with van der Waals surface area (Å²) in [6.07, 6.45) is 5.42. The number of likely N-dealkylation sites (N-methyl/N-ethyl adjacent to an activating group) is 1. The van der Waals surface area contributed by atoms with E-state index in [1.807, 2.05) is 0 Å². The molecule has 4 heteroatoms. The molecule has 2 unspecified atom stereocenters. The van der Waals surface area contributed by atoms with Crippen LogP contribution in [0.5, 0.6) is 0 Å². The van der Waals surface area contributed by atoms with Gasteiger partial charge in [0.15, 0.2) is 0 Å². The topological polar surface area (TPSA) is 41.6 Å². The van der Waals surface area contributed by atoms with Crippen LogP contribution in [0.25, 0.3) is 0 Å². The second-order valence-electron chi connectivity index (χ2n) is 5.77. The van der Waals surface area contributed by atoms with Gasteiger partial charge in [-0.2, -0.15) is 0 Å². The largest absolute Gasteiger partial charge is 0.468 e. The number of nitrogens with one attached hydrogen (secondary N) is 1. The minimum atomic E-state index is -0.450. The molecule has 0 heterocycles. The van der Waals surface area contributed by atoms with E-state index >= 15 is 0 Å². The van der Waals surface area contributed by atoms with Gasteiger partial charge in [-0.05, 0) is 31.8 Å². The van der Waals surface area contributed by atoms with Crippen molar-refractivity contribution < 1.29 is 9.53 Å². The van der Waals surface area contributed by atoms with Crippen LogP contribution >= 0.6 is 0 Å². The molecule has 0 aromatic rings. The highest BCUT2D eigenvalue weighted by molar-refractivity contribution is 5.81. The molecular weight excluding hydrogens is 252 g/mol. The summed E-state index contributed by atoms with van der Waals surface area (Å²) >= 11 is 0. The fourth-order valence-electron chi connectivity index (χ4n) is 3.53. The van der Waals surface area contributed by atoms with Crippen molar-refractivity contribution in [2.24, 2.45) is 5.92 Å². The van der Waals surface area contributed by atoms with Crippen LogP contribution in [0.3, 0.4) is 0 Å². The van der Waals surface area contributed by atoms with Gasteiger partial charge in [0, 0.05) is 13.1 Å². The Morgan fingerprint density at radius 3 is 2.55 bits per heavy atom. The van der Waals surface area contributed by atoms with Crippen LogP contribution in [0.4, 0.5) is 0 Å². The predicted molar refractivity (Wildman–Crippen MR) is 82.8 cm³/mol. The van der Waals surface area contributed by atoms with E-state index in [9.17, 15) is 4.79 Å². The Bertz CT molecular complexity index is 292. The molecule has 0 saturated heterocycles. The van der Waals surface area contributed by atoms with Crippen LogP contribution in [0.1, 0.15) is 52.9 Å². The van der Waals surface area contributed by atoms with E-state index in [2.05, 4.69) is 31.0 Å². The average molecular weight is 284 g/mol. The summed E-state index contributed by atoms with van der Waals surface area (Å²) in [4.78, 5) is 14.8. The quantitative estimate of drug-likeness (QED) is 0.695. The molecule has 1 aliphatic carbocycles. The first-order valence-corrected chi connectivity index (χ1v) is 8.20. The molecule has 118 valence electrons. The lowest BCUT2D eigenvalue weighted by Crippen LogP contribution is -2.60. The Kier molecular flexibility index (Phi) is 7.52. The second kappa shape index (κ2) is 8.63. The van der Waals surface area contributed by atoms with Gasteiger partial charge in [-0.25, -0.2) is 0 Å². The highest BCUT2D eigenvalue weighted by Gasteiger charge is 2.46. The van der Waals surface area contributed by atoms with Crippen LogP contribution in [-0.2, 0) is 9.53 Å². The Morgan fingerprint density at radius 1 is 1.30 bits per heavy atom. The Balaban J connectivity index is 2.70. The average Bonchev–Trinajstić information content (AvgIpc) is 2.51. The lowest BCUT2D eigenvalue weighted by Gasteiger charge is -2.42. The molecule has 1 N–H and O–H groups in total. The van der Waals surface area contributed by atoms with Gasteiger partial charge in [-0.15, -0.1) is 0 Å². The highest BCUT2D eigenvalue weighted by atomic mass is 16.5. The van der Waals surface area contributed by atoms with Crippen molar-refractivity contribution >= 4 is 5.97 Å². The van der Waals surface area contributed by atoms with Crippen molar-refractivity contribution in [2.75, 3.05) is 33.3 Å². The molecule has 1 aliphatic rings. The zero-order valence-corrected chi connectivity index (χ0v) is 13.7. The first-order valence-electron chi connectivity index (χ1n) is 8.20. The monoisotopic (exact) mass is 284 g/mol. The van der Waals surface area contributed by atoms with E-state index in [-0.39, 0.29) is 5.97 Å². The van der Waals surface area contributed by atoms with Crippen LogP contribution < -0.4 is 5.32 Å². The number of hydrogen-bond acceptors (Lipinski definition) is 4. The van der Waals surface area contributed by atoms with Crippen molar-refractivity contribution in [3.05, 3.63) is 0 Å². The smallest absolute Gasteiger partial charge is 0.326 e. The van der Waals surface area contributed by atoms with Gasteiger partial charge in [0.1, 0.15) is 5.54 Å². The highest BCUT2D eigenvalue weighted by Crippen LogP contribution is 2.36. The molecule has 1 saturated carbocycles. The lowest BCUT2D eigenvalue weighted by atomic mass is 9.71. The maximum Gasteiger partial charge on any atom is 0.326 e. The third-order valence-electron chi connectivity index (χ3n) is 4.88. The molecule has 1 rings (SSSR count). The van der Waals surface area contributed by atoms with E-state index < -0.39 is 5.54 Å². The number of rotatable bonds is 8. The number of hydrogen-bond donors (Lipinski definition) is 1. The molecule has 0 aliphatic heterocycles. The number of esters is 1. The van der Waals surface area contributed by atoms with Crippen LogP contribution in [0.2, 0.25) is 0 Å². The van der Waals surface area contributed by atoms with Gasteiger partial charge in [0.25, 0.3) is 0 Å². The normalized spacial score (nSPS) is 26.8. The molecule has 0 radical (unpaired) electrons. The fourth-order valence-corrected chi connectivity index (χ4v) is 3.53. The Morgan fingerprint density at radius 2 is 2.00 bits per heavy atom. The Labute approximate surface area is 124 Å². The summed E-state index contributed by atoms with van der Waals surface area (Å²) in [5.74, 6) is 0.337. The van der Waals surface area contributed by atoms with Gasteiger partial charge in [0.05, 0.1) is 7.11 Å². The number of methoxy groups -OCH3 is 1. The fraction of sp³-hybridized carbons (Fsp3) is 0.938. The number of nitrogens with zero attached hydrogens (tertiary/aromatic N) is 1. The van der Waals surface area contributed by atoms with Crippen LogP contribution in [-0.4, -0.2) is 49.7 Å². The zero-order chi connectivity index (χ0) is 15.0. The van der Waals surface area contributed by atoms with E-state index in [1.165, 1.54) is 13.5 Å². The Hall–Kier alpha value is -0.610. The van der Waals surface area contributed by atoms with E-state index in [4.69, 9.17) is 4.74 Å². The van der Waals surface area contributed by atoms with Gasteiger partial charge < -0.3 is 15.0 Å². The molecule has 1 fully saturated rings. The van der Waals surface area contributed by atoms with Crippen molar-refractivity contribution in [2.45, 2.75) is 58.4 Å². The summed E-state index contributed by atoms with van der Waals surface area (Å²) in [5, 5.41) is 3.57. The minimum Gasteiger partial charge on any atom is -0.468 e. The van der Waals surface area contributed by atoms with Gasteiger partial charge >= 0.3 is 5.97 Å². The molecule has 0 aromatic heterocycles. The van der Waals surface area contributed by atoms with Crippen LogP contribution in [0, 0.1) is 5.92 Å². The molecule has 0 aromatic carbocycles. The summed E-state index contributed by atoms with van der Waals surface area (Å²) < 4.78 is 5.12. The molecular formula is C16H32N2O2. The third kappa shape index (κ3) is 3.95. The predicted octanol–water partition coefficient (Wildman–Crippen LogP) is 2.43. The third-order valence-corrected chi connectivity index (χ3v) is 4.88. The molecule has 0 bridgehead atoms. The van der Waals surface area contributed by atoms with Gasteiger partial charge in [0.2, 0.25) is 0 Å². The zero-order valence-electron chi connectivity index (χ0n) is 13.7. The van der Waals surface area contributed by atoms with E-state index in [1.54, 1.807) is 0 Å². The van der Waals surface area contributed by atoms with Crippen molar-refractivity contribution in [3.63, 3.8) is 0 Å². The first kappa shape index (κ1) is 17.4. The number of carbonyl (C=O) groups is 1. The standard InChI is InChI=1S/C16H32N2O2/c1-5-14-10-8-9-11-16(14,15(19)20-4)17-12-13-18(6-2)7-3/h14,17H,5-13H2,1-4H3. The van der Waals surface area contributed by atoms with Crippen LogP contribution in [0.15, 0.2) is 0 Å². The summed E-state index contributed by atoms with van der Waals surface area (Å²) in [6, 6.07) is 0. The van der Waals surface area contributed by atoms with E-state index in [0.29, 0.717) is 5.92 Å². The van der Waals surface area contributed by atoms with Crippen molar-refractivity contribution in [3.8, 4) is 0 Å².